The fraction of sp³-hybridized carbons (Fsp3) is 0.933. The summed E-state index contributed by atoms with van der Waals surface area (Å²) < 4.78 is 0. The summed E-state index contributed by atoms with van der Waals surface area (Å²) in [7, 11) is 0. The van der Waals surface area contributed by atoms with Crippen LogP contribution in [0.25, 0.3) is 0 Å². The number of carbonyl (C=O) groups excluding carboxylic acids is 1. The standard InChI is InChI=1S/C15H28N2O/c1-12-7-4-5-8-13(12)11-17-15(18)14-9-3-2-6-10-16-14/h12-14,16H,2-11H2,1H3,(H,17,18). The highest BCUT2D eigenvalue weighted by atomic mass is 16.2. The van der Waals surface area contributed by atoms with Crippen LogP contribution in [0.5, 0.6) is 0 Å². The van der Waals surface area contributed by atoms with Gasteiger partial charge in [0.05, 0.1) is 6.04 Å². The Labute approximate surface area is 111 Å². The van der Waals surface area contributed by atoms with E-state index in [1.165, 1.54) is 44.9 Å². The molecule has 0 aromatic heterocycles. The van der Waals surface area contributed by atoms with E-state index in [4.69, 9.17) is 0 Å². The fourth-order valence-electron chi connectivity index (χ4n) is 3.30. The molecule has 1 saturated heterocycles. The maximum absolute atomic E-state index is 12.1. The topological polar surface area (TPSA) is 41.1 Å². The zero-order valence-electron chi connectivity index (χ0n) is 11.7. The molecule has 2 fully saturated rings. The van der Waals surface area contributed by atoms with Crippen molar-refractivity contribution in [2.75, 3.05) is 13.1 Å². The molecular weight excluding hydrogens is 224 g/mol. The van der Waals surface area contributed by atoms with Crippen molar-refractivity contribution in [1.29, 1.82) is 0 Å². The summed E-state index contributed by atoms with van der Waals surface area (Å²) in [4.78, 5) is 12.1. The van der Waals surface area contributed by atoms with Crippen LogP contribution < -0.4 is 10.6 Å². The lowest BCUT2D eigenvalue weighted by Gasteiger charge is -2.29. The summed E-state index contributed by atoms with van der Waals surface area (Å²) in [6.45, 7) is 4.22. The third-order valence-corrected chi connectivity index (χ3v) is 4.70. The number of amides is 1. The molecule has 0 radical (unpaired) electrons. The molecule has 2 rings (SSSR count). The molecule has 18 heavy (non-hydrogen) atoms. The molecule has 1 saturated carbocycles. The van der Waals surface area contributed by atoms with Gasteiger partial charge in [-0.25, -0.2) is 0 Å². The Hall–Kier alpha value is -0.570. The van der Waals surface area contributed by atoms with Crippen LogP contribution >= 0.6 is 0 Å². The number of hydrogen-bond acceptors (Lipinski definition) is 2. The second-order valence-corrected chi connectivity index (χ2v) is 6.12. The van der Waals surface area contributed by atoms with Crippen LogP contribution in [0.1, 0.15) is 58.3 Å². The lowest BCUT2D eigenvalue weighted by molar-refractivity contribution is -0.123. The van der Waals surface area contributed by atoms with Crippen molar-refractivity contribution < 1.29 is 4.79 Å². The summed E-state index contributed by atoms with van der Waals surface area (Å²) in [6, 6.07) is 0.0615. The van der Waals surface area contributed by atoms with Gasteiger partial charge in [-0.1, -0.05) is 39.0 Å². The van der Waals surface area contributed by atoms with Gasteiger partial charge < -0.3 is 10.6 Å². The van der Waals surface area contributed by atoms with Crippen molar-refractivity contribution in [1.82, 2.24) is 10.6 Å². The lowest BCUT2D eigenvalue weighted by atomic mass is 9.80. The van der Waals surface area contributed by atoms with Crippen LogP contribution in [0.2, 0.25) is 0 Å². The maximum Gasteiger partial charge on any atom is 0.237 e. The summed E-state index contributed by atoms with van der Waals surface area (Å²) in [5.74, 6) is 1.71. The fourth-order valence-corrected chi connectivity index (χ4v) is 3.30. The highest BCUT2D eigenvalue weighted by Gasteiger charge is 2.24. The Balaban J connectivity index is 1.72. The summed E-state index contributed by atoms with van der Waals surface area (Å²) in [5, 5.41) is 6.55. The molecule has 1 aliphatic heterocycles. The van der Waals surface area contributed by atoms with Crippen LogP contribution in [0, 0.1) is 11.8 Å². The van der Waals surface area contributed by atoms with Gasteiger partial charge >= 0.3 is 0 Å². The highest BCUT2D eigenvalue weighted by Crippen LogP contribution is 2.28. The first kappa shape index (κ1) is 13.9. The number of hydrogen-bond donors (Lipinski definition) is 2. The number of nitrogens with one attached hydrogen (secondary N) is 2. The Morgan fingerprint density at radius 3 is 2.72 bits per heavy atom. The van der Waals surface area contributed by atoms with Crippen LogP contribution in [-0.4, -0.2) is 25.0 Å². The van der Waals surface area contributed by atoms with Gasteiger partial charge in [0.1, 0.15) is 0 Å². The van der Waals surface area contributed by atoms with Crippen molar-refractivity contribution in [3.63, 3.8) is 0 Å². The molecule has 3 nitrogen and oxygen atoms in total. The highest BCUT2D eigenvalue weighted by molar-refractivity contribution is 5.81. The SMILES string of the molecule is CC1CCCCC1CNC(=O)C1CCCCCN1. The van der Waals surface area contributed by atoms with Crippen molar-refractivity contribution in [3.8, 4) is 0 Å². The van der Waals surface area contributed by atoms with Crippen molar-refractivity contribution >= 4 is 5.91 Å². The van der Waals surface area contributed by atoms with E-state index < -0.39 is 0 Å². The van der Waals surface area contributed by atoms with Gasteiger partial charge in [0.25, 0.3) is 0 Å². The van der Waals surface area contributed by atoms with Gasteiger partial charge in [-0.3, -0.25) is 4.79 Å². The molecule has 104 valence electrons. The van der Waals surface area contributed by atoms with E-state index in [-0.39, 0.29) is 11.9 Å². The van der Waals surface area contributed by atoms with Crippen molar-refractivity contribution in [3.05, 3.63) is 0 Å². The average Bonchev–Trinajstić information content (AvgIpc) is 2.66. The van der Waals surface area contributed by atoms with Crippen LogP contribution in [0.15, 0.2) is 0 Å². The van der Waals surface area contributed by atoms with Gasteiger partial charge in [-0.2, -0.15) is 0 Å². The first-order chi connectivity index (χ1) is 8.77. The summed E-state index contributed by atoms with van der Waals surface area (Å²) >= 11 is 0. The van der Waals surface area contributed by atoms with E-state index >= 15 is 0 Å². The van der Waals surface area contributed by atoms with E-state index in [9.17, 15) is 4.79 Å². The predicted molar refractivity (Wildman–Crippen MR) is 74.4 cm³/mol. The van der Waals surface area contributed by atoms with Gasteiger partial charge in [-0.05, 0) is 37.6 Å². The molecule has 0 aromatic carbocycles. The molecule has 3 unspecified atom stereocenters. The molecule has 3 heteroatoms. The van der Waals surface area contributed by atoms with E-state index in [1.807, 2.05) is 0 Å². The minimum atomic E-state index is 0.0615. The molecule has 0 spiro atoms. The normalized spacial score (nSPS) is 33.7. The molecule has 3 atom stereocenters. The predicted octanol–water partition coefficient (Wildman–Crippen LogP) is 2.46. The Kier molecular flexibility index (Phi) is 5.48. The van der Waals surface area contributed by atoms with Gasteiger partial charge in [0.2, 0.25) is 5.91 Å². The summed E-state index contributed by atoms with van der Waals surface area (Å²) in [5.41, 5.74) is 0. The van der Waals surface area contributed by atoms with Crippen LogP contribution in [-0.2, 0) is 4.79 Å². The molecule has 2 N–H and O–H groups in total. The minimum absolute atomic E-state index is 0.0615. The van der Waals surface area contributed by atoms with Crippen LogP contribution in [0.3, 0.4) is 0 Å². The quantitative estimate of drug-likeness (QED) is 0.810. The summed E-state index contributed by atoms with van der Waals surface area (Å²) in [6.07, 6.45) is 10.0. The van der Waals surface area contributed by atoms with E-state index in [0.29, 0.717) is 5.92 Å². The largest absolute Gasteiger partial charge is 0.354 e. The van der Waals surface area contributed by atoms with Gasteiger partial charge in [0.15, 0.2) is 0 Å². The van der Waals surface area contributed by atoms with E-state index in [0.717, 1.165) is 25.4 Å². The molecule has 1 aliphatic carbocycles. The van der Waals surface area contributed by atoms with Crippen LogP contribution in [0.4, 0.5) is 0 Å². The molecular formula is C15H28N2O. The van der Waals surface area contributed by atoms with Gasteiger partial charge in [0, 0.05) is 6.54 Å². The Morgan fingerprint density at radius 1 is 1.11 bits per heavy atom. The average molecular weight is 252 g/mol. The molecule has 0 aromatic rings. The van der Waals surface area contributed by atoms with Crippen molar-refractivity contribution in [2.45, 2.75) is 64.3 Å². The third-order valence-electron chi connectivity index (χ3n) is 4.70. The Bertz CT molecular complexity index is 259. The molecule has 1 amide bonds. The second kappa shape index (κ2) is 7.13. The third kappa shape index (κ3) is 3.98. The maximum atomic E-state index is 12.1. The monoisotopic (exact) mass is 252 g/mol. The minimum Gasteiger partial charge on any atom is -0.354 e. The van der Waals surface area contributed by atoms with E-state index in [2.05, 4.69) is 17.6 Å². The number of rotatable bonds is 3. The lowest BCUT2D eigenvalue weighted by Crippen LogP contribution is -2.45. The second-order valence-electron chi connectivity index (χ2n) is 6.12. The number of carbonyl (C=O) groups is 1. The molecule has 0 bridgehead atoms. The molecule has 1 heterocycles. The van der Waals surface area contributed by atoms with E-state index in [1.54, 1.807) is 0 Å². The smallest absolute Gasteiger partial charge is 0.237 e. The first-order valence-electron chi connectivity index (χ1n) is 7.78. The zero-order chi connectivity index (χ0) is 12.8. The zero-order valence-corrected chi connectivity index (χ0v) is 11.7. The first-order valence-corrected chi connectivity index (χ1v) is 7.78. The van der Waals surface area contributed by atoms with Crippen molar-refractivity contribution in [2.24, 2.45) is 11.8 Å². The van der Waals surface area contributed by atoms with Gasteiger partial charge in [-0.15, -0.1) is 0 Å². The Morgan fingerprint density at radius 2 is 1.89 bits per heavy atom. The molecule has 2 aliphatic rings.